The van der Waals surface area contributed by atoms with Gasteiger partial charge >= 0.3 is 0 Å². The fourth-order valence-electron chi connectivity index (χ4n) is 2.90. The standard InChI is InChI=1S/C16H23N3O/c20-16(15-4-2-1-3-9-18-15)19(14-5-6-14)12-13-7-10-17-11-8-13/h7-8,10-11,14-15,18H,1-6,9,12H2. The molecule has 20 heavy (non-hydrogen) atoms. The van der Waals surface area contributed by atoms with Crippen LogP contribution in [0, 0.1) is 0 Å². The Kier molecular flexibility index (Phi) is 4.31. The first-order chi connectivity index (χ1) is 9.84. The van der Waals surface area contributed by atoms with Crippen LogP contribution in [0.4, 0.5) is 0 Å². The summed E-state index contributed by atoms with van der Waals surface area (Å²) in [5, 5.41) is 3.43. The van der Waals surface area contributed by atoms with Crippen LogP contribution in [-0.4, -0.2) is 34.4 Å². The molecule has 0 bridgehead atoms. The van der Waals surface area contributed by atoms with Gasteiger partial charge in [0.05, 0.1) is 6.04 Å². The average Bonchev–Trinajstić information content (AvgIpc) is 3.31. The summed E-state index contributed by atoms with van der Waals surface area (Å²) in [6, 6.07) is 4.49. The van der Waals surface area contributed by atoms with E-state index in [9.17, 15) is 4.79 Å². The van der Waals surface area contributed by atoms with Gasteiger partial charge in [-0.15, -0.1) is 0 Å². The zero-order valence-corrected chi connectivity index (χ0v) is 11.9. The summed E-state index contributed by atoms with van der Waals surface area (Å²) in [7, 11) is 0. The molecule has 1 unspecified atom stereocenters. The quantitative estimate of drug-likeness (QED) is 0.914. The molecular formula is C16H23N3O. The molecule has 108 valence electrons. The Morgan fingerprint density at radius 3 is 2.75 bits per heavy atom. The molecule has 1 aliphatic heterocycles. The minimum absolute atomic E-state index is 0.0277. The Balaban J connectivity index is 1.68. The number of carbonyl (C=O) groups is 1. The van der Waals surface area contributed by atoms with Crippen molar-refractivity contribution < 1.29 is 4.79 Å². The van der Waals surface area contributed by atoms with Crippen LogP contribution in [0.2, 0.25) is 0 Å². The third-order valence-electron chi connectivity index (χ3n) is 4.23. The topological polar surface area (TPSA) is 45.2 Å². The monoisotopic (exact) mass is 273 g/mol. The van der Waals surface area contributed by atoms with E-state index in [0.717, 1.165) is 38.8 Å². The van der Waals surface area contributed by atoms with Crippen molar-refractivity contribution >= 4 is 5.91 Å². The van der Waals surface area contributed by atoms with E-state index < -0.39 is 0 Å². The molecule has 3 rings (SSSR count). The molecule has 1 saturated carbocycles. The van der Waals surface area contributed by atoms with Crippen LogP contribution in [0.1, 0.15) is 44.1 Å². The highest BCUT2D eigenvalue weighted by Gasteiger charge is 2.35. The lowest BCUT2D eigenvalue weighted by molar-refractivity contribution is -0.134. The summed E-state index contributed by atoms with van der Waals surface area (Å²) < 4.78 is 0. The summed E-state index contributed by atoms with van der Waals surface area (Å²) >= 11 is 0. The highest BCUT2D eigenvalue weighted by Crippen LogP contribution is 2.29. The van der Waals surface area contributed by atoms with Gasteiger partial charge in [0, 0.05) is 25.0 Å². The van der Waals surface area contributed by atoms with Crippen molar-refractivity contribution in [2.75, 3.05) is 6.54 Å². The number of pyridine rings is 1. The average molecular weight is 273 g/mol. The molecule has 2 heterocycles. The predicted octanol–water partition coefficient (Wildman–Crippen LogP) is 2.10. The van der Waals surface area contributed by atoms with Gasteiger partial charge < -0.3 is 10.2 Å². The van der Waals surface area contributed by atoms with Gasteiger partial charge in [-0.25, -0.2) is 0 Å². The van der Waals surface area contributed by atoms with Gasteiger partial charge in [0.2, 0.25) is 5.91 Å². The largest absolute Gasteiger partial charge is 0.334 e. The molecule has 4 heteroatoms. The number of amides is 1. The fourth-order valence-corrected chi connectivity index (χ4v) is 2.90. The SMILES string of the molecule is O=C(C1CCCCCN1)N(Cc1ccncc1)C1CC1. The molecule has 1 aromatic rings. The van der Waals surface area contributed by atoms with Crippen LogP contribution in [0.25, 0.3) is 0 Å². The lowest BCUT2D eigenvalue weighted by Crippen LogP contribution is -2.46. The molecule has 0 spiro atoms. The third kappa shape index (κ3) is 3.37. The van der Waals surface area contributed by atoms with Gasteiger partial charge in [0.15, 0.2) is 0 Å². The summed E-state index contributed by atoms with van der Waals surface area (Å²) in [4.78, 5) is 18.9. The maximum Gasteiger partial charge on any atom is 0.240 e. The Hall–Kier alpha value is -1.42. The van der Waals surface area contributed by atoms with Gasteiger partial charge in [0.1, 0.15) is 0 Å². The van der Waals surface area contributed by atoms with E-state index in [2.05, 4.69) is 15.2 Å². The van der Waals surface area contributed by atoms with E-state index in [1.54, 1.807) is 12.4 Å². The Labute approximate surface area is 120 Å². The molecule has 0 aromatic carbocycles. The first kappa shape index (κ1) is 13.6. The van der Waals surface area contributed by atoms with Crippen molar-refractivity contribution in [2.45, 2.75) is 57.2 Å². The van der Waals surface area contributed by atoms with Crippen LogP contribution in [-0.2, 0) is 11.3 Å². The van der Waals surface area contributed by atoms with E-state index in [-0.39, 0.29) is 6.04 Å². The second-order valence-electron chi connectivity index (χ2n) is 5.91. The highest BCUT2D eigenvalue weighted by molar-refractivity contribution is 5.82. The summed E-state index contributed by atoms with van der Waals surface area (Å²) in [5.41, 5.74) is 1.17. The molecule has 2 aliphatic rings. The molecule has 4 nitrogen and oxygen atoms in total. The van der Waals surface area contributed by atoms with Crippen molar-refractivity contribution in [3.63, 3.8) is 0 Å². The molecular weight excluding hydrogens is 250 g/mol. The van der Waals surface area contributed by atoms with Crippen LogP contribution < -0.4 is 5.32 Å². The van der Waals surface area contributed by atoms with E-state index in [0.29, 0.717) is 11.9 Å². The van der Waals surface area contributed by atoms with E-state index in [1.807, 2.05) is 12.1 Å². The minimum Gasteiger partial charge on any atom is -0.334 e. The minimum atomic E-state index is 0.0277. The number of aromatic nitrogens is 1. The molecule has 1 aliphatic carbocycles. The molecule has 0 radical (unpaired) electrons. The van der Waals surface area contributed by atoms with Gasteiger partial charge in [-0.2, -0.15) is 0 Å². The normalized spacial score (nSPS) is 23.1. The summed E-state index contributed by atoms with van der Waals surface area (Å²) in [6.07, 6.45) is 10.5. The smallest absolute Gasteiger partial charge is 0.240 e. The van der Waals surface area contributed by atoms with Crippen LogP contribution in [0.5, 0.6) is 0 Å². The van der Waals surface area contributed by atoms with E-state index in [1.165, 1.54) is 18.4 Å². The zero-order valence-electron chi connectivity index (χ0n) is 11.9. The molecule has 1 amide bonds. The van der Waals surface area contributed by atoms with Gasteiger partial charge in [-0.1, -0.05) is 12.8 Å². The summed E-state index contributed by atoms with van der Waals surface area (Å²) in [5.74, 6) is 0.297. The van der Waals surface area contributed by atoms with Gasteiger partial charge in [-0.3, -0.25) is 9.78 Å². The number of hydrogen-bond donors (Lipinski definition) is 1. The van der Waals surface area contributed by atoms with Crippen molar-refractivity contribution in [2.24, 2.45) is 0 Å². The third-order valence-corrected chi connectivity index (χ3v) is 4.23. The first-order valence-corrected chi connectivity index (χ1v) is 7.77. The van der Waals surface area contributed by atoms with Crippen LogP contribution in [0.15, 0.2) is 24.5 Å². The predicted molar refractivity (Wildman–Crippen MR) is 78.1 cm³/mol. The molecule has 1 aromatic heterocycles. The number of nitrogens with one attached hydrogen (secondary N) is 1. The number of hydrogen-bond acceptors (Lipinski definition) is 3. The van der Waals surface area contributed by atoms with E-state index >= 15 is 0 Å². The Morgan fingerprint density at radius 1 is 1.20 bits per heavy atom. The maximum absolute atomic E-state index is 12.8. The Bertz CT molecular complexity index is 436. The second-order valence-corrected chi connectivity index (χ2v) is 5.91. The van der Waals surface area contributed by atoms with Crippen LogP contribution in [0.3, 0.4) is 0 Å². The fraction of sp³-hybridized carbons (Fsp3) is 0.625. The first-order valence-electron chi connectivity index (χ1n) is 7.77. The number of rotatable bonds is 4. The van der Waals surface area contributed by atoms with Crippen molar-refractivity contribution in [3.8, 4) is 0 Å². The van der Waals surface area contributed by atoms with Crippen molar-refractivity contribution in [1.29, 1.82) is 0 Å². The molecule has 1 atom stereocenters. The molecule has 1 saturated heterocycles. The lowest BCUT2D eigenvalue weighted by Gasteiger charge is -2.27. The van der Waals surface area contributed by atoms with Gasteiger partial charge in [0.25, 0.3) is 0 Å². The zero-order chi connectivity index (χ0) is 13.8. The Morgan fingerprint density at radius 2 is 2.00 bits per heavy atom. The van der Waals surface area contributed by atoms with Crippen LogP contribution >= 0.6 is 0 Å². The second kappa shape index (κ2) is 6.35. The number of carbonyl (C=O) groups excluding carboxylic acids is 1. The van der Waals surface area contributed by atoms with E-state index in [4.69, 9.17) is 0 Å². The molecule has 1 N–H and O–H groups in total. The number of nitrogens with zero attached hydrogens (tertiary/aromatic N) is 2. The highest BCUT2D eigenvalue weighted by atomic mass is 16.2. The van der Waals surface area contributed by atoms with Gasteiger partial charge in [-0.05, 0) is 49.9 Å². The van der Waals surface area contributed by atoms with Crippen molar-refractivity contribution in [3.05, 3.63) is 30.1 Å². The maximum atomic E-state index is 12.8. The van der Waals surface area contributed by atoms with Crippen molar-refractivity contribution in [1.82, 2.24) is 15.2 Å². The lowest BCUT2D eigenvalue weighted by atomic mass is 10.1. The summed E-state index contributed by atoms with van der Waals surface area (Å²) in [6.45, 7) is 1.70. The molecule has 2 fully saturated rings.